The summed E-state index contributed by atoms with van der Waals surface area (Å²) in [6.07, 6.45) is 11.9. The number of nitrogens with zero attached hydrogens (tertiary/aromatic N) is 2. The first-order chi connectivity index (χ1) is 16.8. The molecule has 2 aromatic heterocycles. The fourth-order valence-electron chi connectivity index (χ4n) is 5.46. The van der Waals surface area contributed by atoms with Crippen LogP contribution in [0, 0.1) is 6.92 Å². The van der Waals surface area contributed by atoms with Crippen LogP contribution in [0.2, 0.25) is 0 Å². The average molecular weight is 437 g/mol. The van der Waals surface area contributed by atoms with Gasteiger partial charge in [-0.2, -0.15) is 0 Å². The van der Waals surface area contributed by atoms with Crippen molar-refractivity contribution in [1.29, 1.82) is 0 Å². The number of hydrogen-bond donors (Lipinski definition) is 0. The highest BCUT2D eigenvalue weighted by Gasteiger charge is 2.18. The van der Waals surface area contributed by atoms with Crippen LogP contribution < -0.4 is 0 Å². The van der Waals surface area contributed by atoms with Crippen LogP contribution in [-0.2, 0) is 0 Å². The molecule has 0 aliphatic heterocycles. The number of benzene rings is 4. The van der Waals surface area contributed by atoms with E-state index in [0.29, 0.717) is 0 Å². The second-order valence-corrected chi connectivity index (χ2v) is 9.08. The van der Waals surface area contributed by atoms with Crippen LogP contribution in [0.15, 0.2) is 115 Å². The molecule has 2 heteroatoms. The second kappa shape index (κ2) is 7.36. The Bertz CT molecular complexity index is 1820. The molecule has 4 aromatic carbocycles. The molecule has 0 unspecified atom stereocenters. The summed E-state index contributed by atoms with van der Waals surface area (Å²) in [7, 11) is 0. The lowest BCUT2D eigenvalue weighted by Gasteiger charge is -2.10. The first kappa shape index (κ1) is 19.2. The highest BCUT2D eigenvalue weighted by atomic mass is 15.0. The summed E-state index contributed by atoms with van der Waals surface area (Å²) in [4.78, 5) is 0. The first-order valence-electron chi connectivity index (χ1n) is 11.9. The van der Waals surface area contributed by atoms with E-state index in [1.54, 1.807) is 0 Å². The maximum atomic E-state index is 2.43. The summed E-state index contributed by atoms with van der Waals surface area (Å²) in [6, 6.07) is 31.0. The van der Waals surface area contributed by atoms with Crippen molar-refractivity contribution in [2.45, 2.75) is 13.3 Å². The van der Waals surface area contributed by atoms with E-state index in [9.17, 15) is 0 Å². The summed E-state index contributed by atoms with van der Waals surface area (Å²) < 4.78 is 4.83. The molecule has 2 nitrogen and oxygen atoms in total. The molecule has 0 amide bonds. The van der Waals surface area contributed by atoms with Gasteiger partial charge in [0.15, 0.2) is 0 Å². The summed E-state index contributed by atoms with van der Waals surface area (Å²) in [5.74, 6) is 0. The maximum absolute atomic E-state index is 2.43. The molecule has 2 heterocycles. The molecule has 0 N–H and O–H groups in total. The predicted molar refractivity (Wildman–Crippen MR) is 146 cm³/mol. The Morgan fingerprint density at radius 2 is 1.32 bits per heavy atom. The van der Waals surface area contributed by atoms with Gasteiger partial charge in [-0.05, 0) is 61.9 Å². The number of hydrogen-bond acceptors (Lipinski definition) is 0. The number of fused-ring (bicyclic) bond motifs is 6. The highest BCUT2D eigenvalue weighted by Crippen LogP contribution is 2.40. The summed E-state index contributed by atoms with van der Waals surface area (Å²) in [5, 5.41) is 5.18. The van der Waals surface area contributed by atoms with E-state index in [1.165, 1.54) is 60.6 Å². The maximum Gasteiger partial charge on any atom is 0.0562 e. The Balaban J connectivity index is 1.68. The largest absolute Gasteiger partial charge is 0.309 e. The van der Waals surface area contributed by atoms with Gasteiger partial charge in [-0.3, -0.25) is 0 Å². The van der Waals surface area contributed by atoms with Crippen molar-refractivity contribution in [3.05, 3.63) is 121 Å². The molecular weight excluding hydrogens is 412 g/mol. The van der Waals surface area contributed by atoms with Crippen molar-refractivity contribution in [1.82, 2.24) is 9.13 Å². The zero-order chi connectivity index (χ0) is 22.6. The van der Waals surface area contributed by atoms with Gasteiger partial charge in [0.2, 0.25) is 0 Å². The van der Waals surface area contributed by atoms with Gasteiger partial charge in [0.25, 0.3) is 0 Å². The molecule has 0 spiro atoms. The monoisotopic (exact) mass is 436 g/mol. The van der Waals surface area contributed by atoms with Gasteiger partial charge in [-0.15, -0.1) is 0 Å². The summed E-state index contributed by atoms with van der Waals surface area (Å²) in [5.41, 5.74) is 8.65. The van der Waals surface area contributed by atoms with E-state index in [1.807, 2.05) is 0 Å². The van der Waals surface area contributed by atoms with E-state index >= 15 is 0 Å². The Kier molecular flexibility index (Phi) is 4.16. The molecule has 34 heavy (non-hydrogen) atoms. The van der Waals surface area contributed by atoms with Crippen LogP contribution in [0.3, 0.4) is 0 Å². The smallest absolute Gasteiger partial charge is 0.0562 e. The lowest BCUT2D eigenvalue weighted by Crippen LogP contribution is -1.96. The van der Waals surface area contributed by atoms with E-state index in [0.717, 1.165) is 6.42 Å². The van der Waals surface area contributed by atoms with Crippen molar-refractivity contribution in [3.63, 3.8) is 0 Å². The molecule has 0 radical (unpaired) electrons. The number of allylic oxidation sites excluding steroid dienone is 6. The van der Waals surface area contributed by atoms with Crippen molar-refractivity contribution in [2.75, 3.05) is 0 Å². The van der Waals surface area contributed by atoms with Gasteiger partial charge >= 0.3 is 0 Å². The van der Waals surface area contributed by atoms with E-state index in [4.69, 9.17) is 0 Å². The normalized spacial score (nSPS) is 13.9. The SMILES string of the molecule is Cc1ccc2c(c1)c1cc3c4ccccc4n(-c4ccccc4)c3cc1n2C1=CCC=CC=C1. The fraction of sp³-hybridized carbons (Fsp3) is 0.0625. The lowest BCUT2D eigenvalue weighted by atomic mass is 10.1. The van der Waals surface area contributed by atoms with Crippen molar-refractivity contribution < 1.29 is 0 Å². The van der Waals surface area contributed by atoms with Crippen LogP contribution in [0.5, 0.6) is 0 Å². The first-order valence-corrected chi connectivity index (χ1v) is 11.9. The minimum Gasteiger partial charge on any atom is -0.309 e. The Morgan fingerprint density at radius 1 is 0.588 bits per heavy atom. The quantitative estimate of drug-likeness (QED) is 0.257. The van der Waals surface area contributed by atoms with Crippen molar-refractivity contribution in [2.24, 2.45) is 0 Å². The van der Waals surface area contributed by atoms with Crippen LogP contribution in [0.1, 0.15) is 12.0 Å². The van der Waals surface area contributed by atoms with Gasteiger partial charge in [0.1, 0.15) is 0 Å². The molecular formula is C32H24N2. The van der Waals surface area contributed by atoms with Gasteiger partial charge in [-0.1, -0.05) is 72.3 Å². The van der Waals surface area contributed by atoms with Crippen molar-refractivity contribution in [3.8, 4) is 5.69 Å². The summed E-state index contributed by atoms with van der Waals surface area (Å²) in [6.45, 7) is 2.18. The number of rotatable bonds is 2. The zero-order valence-electron chi connectivity index (χ0n) is 19.1. The predicted octanol–water partition coefficient (Wildman–Crippen LogP) is 8.56. The third kappa shape index (κ3) is 2.75. The van der Waals surface area contributed by atoms with Crippen LogP contribution in [0.25, 0.3) is 55.0 Å². The number of para-hydroxylation sites is 2. The van der Waals surface area contributed by atoms with Gasteiger partial charge in [0, 0.05) is 32.9 Å². The average Bonchev–Trinajstić information content (AvgIpc) is 3.20. The topological polar surface area (TPSA) is 9.86 Å². The Labute approximate surface area is 198 Å². The molecule has 0 fully saturated rings. The fourth-order valence-corrected chi connectivity index (χ4v) is 5.46. The molecule has 6 aromatic rings. The molecule has 7 rings (SSSR count). The Hall–Kier alpha value is -4.30. The molecule has 162 valence electrons. The molecule has 0 saturated carbocycles. The lowest BCUT2D eigenvalue weighted by molar-refractivity contribution is 1.17. The van der Waals surface area contributed by atoms with Crippen molar-refractivity contribution >= 4 is 49.3 Å². The molecule has 1 aliphatic rings. The minimum absolute atomic E-state index is 0.932. The molecule has 0 bridgehead atoms. The van der Waals surface area contributed by atoms with Crippen LogP contribution in [0.4, 0.5) is 0 Å². The van der Waals surface area contributed by atoms with E-state index in [-0.39, 0.29) is 0 Å². The molecule has 0 atom stereocenters. The summed E-state index contributed by atoms with van der Waals surface area (Å²) >= 11 is 0. The minimum atomic E-state index is 0.932. The third-order valence-corrected chi connectivity index (χ3v) is 6.96. The second-order valence-electron chi connectivity index (χ2n) is 9.08. The van der Waals surface area contributed by atoms with Gasteiger partial charge in [-0.25, -0.2) is 0 Å². The van der Waals surface area contributed by atoms with Crippen LogP contribution >= 0.6 is 0 Å². The van der Waals surface area contributed by atoms with Crippen LogP contribution in [-0.4, -0.2) is 9.13 Å². The van der Waals surface area contributed by atoms with E-state index in [2.05, 4.69) is 131 Å². The van der Waals surface area contributed by atoms with Gasteiger partial charge < -0.3 is 9.13 Å². The standard InChI is InChI=1S/C32H24N2/c1-22-17-18-30-26(19-22)28-20-27-25-15-9-10-16-29(25)33(23-13-7-4-8-14-23)31(27)21-32(28)34(30)24-11-5-2-3-6-12-24/h2-5,7-21H,6H2,1H3. The number of aryl methyl sites for hydroxylation is 1. The molecule has 0 saturated heterocycles. The third-order valence-electron chi connectivity index (χ3n) is 6.96. The Morgan fingerprint density at radius 3 is 2.24 bits per heavy atom. The van der Waals surface area contributed by atoms with Gasteiger partial charge in [0.05, 0.1) is 22.1 Å². The molecule has 1 aliphatic carbocycles. The zero-order valence-corrected chi connectivity index (χ0v) is 19.1. The highest BCUT2D eigenvalue weighted by molar-refractivity contribution is 6.19. The number of aromatic nitrogens is 2. The van der Waals surface area contributed by atoms with E-state index < -0.39 is 0 Å².